The van der Waals surface area contributed by atoms with Crippen LogP contribution in [0.3, 0.4) is 0 Å². The van der Waals surface area contributed by atoms with Crippen LogP contribution < -0.4 is 5.32 Å². The number of oxazole rings is 2. The van der Waals surface area contributed by atoms with Crippen molar-refractivity contribution >= 4 is 34.2 Å². The Labute approximate surface area is 111 Å². The summed E-state index contributed by atoms with van der Waals surface area (Å²) in [5, 5.41) is 2.80. The number of anilines is 2. The molecule has 1 aromatic carbocycles. The van der Waals surface area contributed by atoms with E-state index >= 15 is 0 Å². The summed E-state index contributed by atoms with van der Waals surface area (Å²) in [6.07, 6.45) is 3.20. The molecule has 4 aromatic rings. The quantitative estimate of drug-likeness (QED) is 0.602. The van der Waals surface area contributed by atoms with Gasteiger partial charge in [0.2, 0.25) is 0 Å². The van der Waals surface area contributed by atoms with Gasteiger partial charge in [-0.1, -0.05) is 0 Å². The first-order valence-corrected chi connectivity index (χ1v) is 5.82. The monoisotopic (exact) mass is 270 g/mol. The third-order valence-electron chi connectivity index (χ3n) is 2.75. The highest BCUT2D eigenvalue weighted by Gasteiger charge is 2.10. The highest BCUT2D eigenvalue weighted by molar-refractivity contribution is 5.76. The molecular formula is C13H7FN4O2. The molecule has 98 valence electrons. The van der Waals surface area contributed by atoms with E-state index in [1.165, 1.54) is 18.2 Å². The summed E-state index contributed by atoms with van der Waals surface area (Å²) in [6.45, 7) is 0. The fraction of sp³-hybridized carbons (Fsp3) is 0. The van der Waals surface area contributed by atoms with Crippen molar-refractivity contribution in [2.24, 2.45) is 0 Å². The van der Waals surface area contributed by atoms with E-state index in [0.29, 0.717) is 22.2 Å². The predicted molar refractivity (Wildman–Crippen MR) is 69.1 cm³/mol. The average molecular weight is 270 g/mol. The van der Waals surface area contributed by atoms with Crippen LogP contribution in [0.25, 0.3) is 22.2 Å². The Morgan fingerprint density at radius 3 is 2.50 bits per heavy atom. The summed E-state index contributed by atoms with van der Waals surface area (Å²) >= 11 is 0. The minimum Gasteiger partial charge on any atom is -0.423 e. The topological polar surface area (TPSA) is 77.0 Å². The van der Waals surface area contributed by atoms with E-state index in [0.717, 1.165) is 0 Å². The van der Waals surface area contributed by atoms with Crippen molar-refractivity contribution in [2.45, 2.75) is 0 Å². The Hall–Kier alpha value is -2.96. The fourth-order valence-electron chi connectivity index (χ4n) is 1.88. The zero-order valence-electron chi connectivity index (χ0n) is 10.0. The lowest BCUT2D eigenvalue weighted by molar-refractivity contribution is 0.590. The van der Waals surface area contributed by atoms with E-state index in [9.17, 15) is 4.39 Å². The van der Waals surface area contributed by atoms with Crippen molar-refractivity contribution < 1.29 is 13.2 Å². The molecule has 0 radical (unpaired) electrons. The third-order valence-corrected chi connectivity index (χ3v) is 2.75. The number of nitrogens with one attached hydrogen (secondary N) is 1. The maximum Gasteiger partial charge on any atom is 0.303 e. The largest absolute Gasteiger partial charge is 0.423 e. The summed E-state index contributed by atoms with van der Waals surface area (Å²) in [6, 6.07) is 6.24. The molecule has 7 heteroatoms. The number of benzene rings is 1. The molecule has 0 aliphatic rings. The SMILES string of the molecule is Fc1ccc2oc(Nc3nc4cnccc4o3)nc2c1. The summed E-state index contributed by atoms with van der Waals surface area (Å²) in [5.41, 5.74) is 2.12. The highest BCUT2D eigenvalue weighted by atomic mass is 19.1. The molecule has 6 nitrogen and oxygen atoms in total. The van der Waals surface area contributed by atoms with Gasteiger partial charge in [0.25, 0.3) is 0 Å². The van der Waals surface area contributed by atoms with Crippen molar-refractivity contribution in [2.75, 3.05) is 5.32 Å². The van der Waals surface area contributed by atoms with Crippen LogP contribution in [0.5, 0.6) is 0 Å². The van der Waals surface area contributed by atoms with Gasteiger partial charge in [0.15, 0.2) is 11.2 Å². The predicted octanol–water partition coefficient (Wildman–Crippen LogP) is 3.25. The van der Waals surface area contributed by atoms with E-state index in [4.69, 9.17) is 8.83 Å². The fourth-order valence-corrected chi connectivity index (χ4v) is 1.88. The normalized spacial score (nSPS) is 11.2. The Bertz CT molecular complexity index is 882. The van der Waals surface area contributed by atoms with Gasteiger partial charge in [-0.2, -0.15) is 9.97 Å². The molecule has 0 aliphatic carbocycles. The van der Waals surface area contributed by atoms with Gasteiger partial charge in [-0.25, -0.2) is 4.39 Å². The van der Waals surface area contributed by atoms with Crippen LogP contribution in [0.4, 0.5) is 16.4 Å². The van der Waals surface area contributed by atoms with Crippen LogP contribution in [0.1, 0.15) is 0 Å². The Morgan fingerprint density at radius 1 is 0.950 bits per heavy atom. The van der Waals surface area contributed by atoms with Gasteiger partial charge in [-0.3, -0.25) is 10.3 Å². The Balaban J connectivity index is 1.72. The van der Waals surface area contributed by atoms with Gasteiger partial charge in [0.1, 0.15) is 16.9 Å². The second kappa shape index (κ2) is 4.02. The van der Waals surface area contributed by atoms with Crippen molar-refractivity contribution in [3.8, 4) is 0 Å². The molecule has 0 bridgehead atoms. The molecule has 0 spiro atoms. The zero-order valence-corrected chi connectivity index (χ0v) is 10.0. The van der Waals surface area contributed by atoms with E-state index < -0.39 is 0 Å². The molecule has 0 saturated heterocycles. The van der Waals surface area contributed by atoms with Crippen molar-refractivity contribution in [3.63, 3.8) is 0 Å². The number of rotatable bonds is 2. The molecule has 3 heterocycles. The standard InChI is InChI=1S/C13H7FN4O2/c14-7-1-2-10-8(5-7)16-12(19-10)18-13-17-9-6-15-4-3-11(9)20-13/h1-6H,(H,16,17,18). The smallest absolute Gasteiger partial charge is 0.303 e. The molecule has 1 N–H and O–H groups in total. The molecular weight excluding hydrogens is 263 g/mol. The van der Waals surface area contributed by atoms with Crippen LogP contribution in [-0.2, 0) is 0 Å². The van der Waals surface area contributed by atoms with Crippen molar-refractivity contribution in [1.82, 2.24) is 15.0 Å². The van der Waals surface area contributed by atoms with Crippen molar-refractivity contribution in [1.29, 1.82) is 0 Å². The van der Waals surface area contributed by atoms with Crippen LogP contribution in [0.2, 0.25) is 0 Å². The zero-order chi connectivity index (χ0) is 13.5. The molecule has 0 fully saturated rings. The lowest BCUT2D eigenvalue weighted by Gasteiger charge is -1.91. The minimum atomic E-state index is -0.370. The molecule has 20 heavy (non-hydrogen) atoms. The third kappa shape index (κ3) is 1.76. The van der Waals surface area contributed by atoms with Gasteiger partial charge in [0.05, 0.1) is 6.20 Å². The molecule has 0 unspecified atom stereocenters. The summed E-state index contributed by atoms with van der Waals surface area (Å²) in [5.74, 6) is -0.370. The number of hydrogen-bond acceptors (Lipinski definition) is 6. The number of hydrogen-bond donors (Lipinski definition) is 1. The number of nitrogens with zero attached hydrogens (tertiary/aromatic N) is 3. The summed E-state index contributed by atoms with van der Waals surface area (Å²) in [7, 11) is 0. The van der Waals surface area contributed by atoms with Gasteiger partial charge in [-0.05, 0) is 12.1 Å². The molecule has 3 aromatic heterocycles. The second-order valence-electron chi connectivity index (χ2n) is 4.12. The van der Waals surface area contributed by atoms with Gasteiger partial charge >= 0.3 is 12.0 Å². The first-order valence-electron chi connectivity index (χ1n) is 5.82. The van der Waals surface area contributed by atoms with Gasteiger partial charge < -0.3 is 8.83 Å². The van der Waals surface area contributed by atoms with E-state index in [2.05, 4.69) is 20.3 Å². The maximum atomic E-state index is 13.1. The summed E-state index contributed by atoms with van der Waals surface area (Å²) < 4.78 is 23.9. The van der Waals surface area contributed by atoms with Crippen LogP contribution in [-0.4, -0.2) is 15.0 Å². The van der Waals surface area contributed by atoms with Gasteiger partial charge in [-0.15, -0.1) is 0 Å². The number of pyridine rings is 1. The second-order valence-corrected chi connectivity index (χ2v) is 4.12. The lowest BCUT2D eigenvalue weighted by atomic mass is 10.3. The molecule has 0 saturated carbocycles. The number of aromatic nitrogens is 3. The lowest BCUT2D eigenvalue weighted by Crippen LogP contribution is -1.89. The summed E-state index contributed by atoms with van der Waals surface area (Å²) in [4.78, 5) is 12.2. The van der Waals surface area contributed by atoms with E-state index in [1.807, 2.05) is 0 Å². The minimum absolute atomic E-state index is 0.185. The number of halogens is 1. The van der Waals surface area contributed by atoms with E-state index in [1.54, 1.807) is 18.5 Å². The molecule has 0 atom stereocenters. The maximum absolute atomic E-state index is 13.1. The van der Waals surface area contributed by atoms with Crippen molar-refractivity contribution in [3.05, 3.63) is 42.5 Å². The highest BCUT2D eigenvalue weighted by Crippen LogP contribution is 2.24. The Kier molecular flexibility index (Phi) is 2.19. The molecule has 4 rings (SSSR count). The Morgan fingerprint density at radius 2 is 1.70 bits per heavy atom. The first kappa shape index (κ1) is 10.9. The molecule has 0 aliphatic heterocycles. The van der Waals surface area contributed by atoms with Crippen LogP contribution in [0.15, 0.2) is 45.5 Å². The van der Waals surface area contributed by atoms with Crippen LogP contribution in [0, 0.1) is 5.82 Å². The molecule has 0 amide bonds. The van der Waals surface area contributed by atoms with Crippen LogP contribution >= 0.6 is 0 Å². The average Bonchev–Trinajstić information content (AvgIpc) is 3.00. The first-order chi connectivity index (χ1) is 9.78. The number of fused-ring (bicyclic) bond motifs is 2. The van der Waals surface area contributed by atoms with Gasteiger partial charge in [0, 0.05) is 18.3 Å². The van der Waals surface area contributed by atoms with E-state index in [-0.39, 0.29) is 17.8 Å².